The first-order valence-electron chi connectivity index (χ1n) is 17.7. The van der Waals surface area contributed by atoms with E-state index in [1.807, 2.05) is 12.1 Å². The first kappa shape index (κ1) is 28.8. The van der Waals surface area contributed by atoms with Gasteiger partial charge in [-0.3, -0.25) is 0 Å². The predicted octanol–water partition coefficient (Wildman–Crippen LogP) is 12.3. The molecule has 0 unspecified atom stereocenters. The number of rotatable bonds is 4. The van der Waals surface area contributed by atoms with Gasteiger partial charge < -0.3 is 9.13 Å². The Morgan fingerprint density at radius 1 is 0.346 bits per heavy atom. The van der Waals surface area contributed by atoms with E-state index in [-0.39, 0.29) is 0 Å². The average molecular weight is 663 g/mol. The van der Waals surface area contributed by atoms with Crippen LogP contribution in [0.2, 0.25) is 0 Å². The molecule has 242 valence electrons. The van der Waals surface area contributed by atoms with Crippen LogP contribution < -0.4 is 0 Å². The van der Waals surface area contributed by atoms with Crippen molar-refractivity contribution in [3.63, 3.8) is 0 Å². The van der Waals surface area contributed by atoms with Gasteiger partial charge in [0.05, 0.1) is 33.3 Å². The topological polar surface area (TPSA) is 35.6 Å². The molecule has 0 fully saturated rings. The maximum atomic E-state index is 5.21. The highest BCUT2D eigenvalue weighted by Crippen LogP contribution is 2.42. The first-order valence-corrected chi connectivity index (χ1v) is 17.7. The summed E-state index contributed by atoms with van der Waals surface area (Å²) in [5, 5.41) is 8.44. The average Bonchev–Trinajstić information content (AvgIpc) is 3.72. The highest BCUT2D eigenvalue weighted by Gasteiger charge is 2.20. The molecule has 0 aliphatic heterocycles. The maximum Gasteiger partial charge on any atom is 0.160 e. The summed E-state index contributed by atoms with van der Waals surface area (Å²) < 4.78 is 4.83. The molecule has 0 amide bonds. The number of benzene rings is 8. The molecule has 0 saturated heterocycles. The van der Waals surface area contributed by atoms with Crippen LogP contribution in [0.25, 0.3) is 99.3 Å². The van der Waals surface area contributed by atoms with Gasteiger partial charge in [-0.25, -0.2) is 9.97 Å². The monoisotopic (exact) mass is 662 g/mol. The number of hydrogen-bond acceptors (Lipinski definition) is 2. The van der Waals surface area contributed by atoms with Gasteiger partial charge in [0.1, 0.15) is 0 Å². The van der Waals surface area contributed by atoms with Crippen LogP contribution in [0.15, 0.2) is 182 Å². The second kappa shape index (κ2) is 11.2. The van der Waals surface area contributed by atoms with Crippen molar-refractivity contribution in [2.75, 3.05) is 0 Å². The Morgan fingerprint density at radius 2 is 0.981 bits per heavy atom. The van der Waals surface area contributed by atoms with Gasteiger partial charge in [-0.05, 0) is 65.4 Å². The Balaban J connectivity index is 1.21. The van der Waals surface area contributed by atoms with Gasteiger partial charge in [0, 0.05) is 49.4 Å². The van der Waals surface area contributed by atoms with E-state index in [0.717, 1.165) is 44.6 Å². The van der Waals surface area contributed by atoms with E-state index in [1.165, 1.54) is 48.9 Å². The highest BCUT2D eigenvalue weighted by atomic mass is 15.0. The summed E-state index contributed by atoms with van der Waals surface area (Å²) in [6, 6.07) is 64.9. The summed E-state index contributed by atoms with van der Waals surface area (Å²) >= 11 is 0. The zero-order chi connectivity index (χ0) is 34.2. The van der Waals surface area contributed by atoms with Gasteiger partial charge in [-0.2, -0.15) is 0 Å². The van der Waals surface area contributed by atoms with E-state index < -0.39 is 0 Å². The lowest BCUT2D eigenvalue weighted by Gasteiger charge is -2.12. The van der Waals surface area contributed by atoms with Crippen molar-refractivity contribution in [2.24, 2.45) is 0 Å². The van der Waals surface area contributed by atoms with E-state index in [2.05, 4.69) is 179 Å². The molecule has 4 heteroatoms. The molecule has 0 aliphatic rings. The van der Waals surface area contributed by atoms with Crippen molar-refractivity contribution >= 4 is 65.3 Å². The van der Waals surface area contributed by atoms with Crippen molar-refractivity contribution in [3.05, 3.63) is 182 Å². The van der Waals surface area contributed by atoms with Crippen molar-refractivity contribution < 1.29 is 0 Å². The van der Waals surface area contributed by atoms with Crippen LogP contribution in [0.3, 0.4) is 0 Å². The zero-order valence-corrected chi connectivity index (χ0v) is 28.1. The molecule has 0 saturated carbocycles. The first-order chi connectivity index (χ1) is 25.8. The SMILES string of the molecule is c1ccc(-c2nc(-c3cccc(-n4c5cc6c7ccccc7n(-c7ccccc7)c6cc5c5c6ccccc6ccc54)c3)nc3ccccc23)cc1. The fourth-order valence-corrected chi connectivity index (χ4v) is 8.19. The largest absolute Gasteiger partial charge is 0.309 e. The van der Waals surface area contributed by atoms with Crippen molar-refractivity contribution in [3.8, 4) is 34.0 Å². The van der Waals surface area contributed by atoms with E-state index in [4.69, 9.17) is 9.97 Å². The Kier molecular flexibility index (Phi) is 6.22. The van der Waals surface area contributed by atoms with Gasteiger partial charge in [-0.1, -0.05) is 127 Å². The standard InChI is InChI=1S/C48H30N4/c1-3-15-32(16-4-1)47-38-23-9-11-24-41(38)49-48(50-47)33-17-13-20-35(28-33)52-43-27-26-31-14-7-8-21-36(31)46(43)40-30-44-39(29-45(40)52)37-22-10-12-25-42(37)51(44)34-18-5-2-6-19-34/h1-30H. The number of nitrogens with zero attached hydrogens (tertiary/aromatic N) is 4. The second-order valence-corrected chi connectivity index (χ2v) is 13.4. The second-order valence-electron chi connectivity index (χ2n) is 13.4. The third-order valence-corrected chi connectivity index (χ3v) is 10.5. The molecule has 0 bridgehead atoms. The maximum absolute atomic E-state index is 5.21. The Morgan fingerprint density at radius 3 is 1.85 bits per heavy atom. The molecule has 0 aliphatic carbocycles. The fourth-order valence-electron chi connectivity index (χ4n) is 8.19. The normalized spacial score (nSPS) is 11.8. The lowest BCUT2D eigenvalue weighted by atomic mass is 10.0. The third kappa shape index (κ3) is 4.28. The van der Waals surface area contributed by atoms with Crippen LogP contribution in [-0.2, 0) is 0 Å². The minimum absolute atomic E-state index is 0.707. The molecule has 8 aromatic carbocycles. The molecule has 3 heterocycles. The zero-order valence-electron chi connectivity index (χ0n) is 28.1. The van der Waals surface area contributed by atoms with Gasteiger partial charge >= 0.3 is 0 Å². The van der Waals surface area contributed by atoms with Crippen LogP contribution in [0.4, 0.5) is 0 Å². The summed E-state index contributed by atoms with van der Waals surface area (Å²) in [5.41, 5.74) is 10.8. The molecule has 0 atom stereocenters. The molecule has 3 aromatic heterocycles. The molecule has 0 spiro atoms. The van der Waals surface area contributed by atoms with Gasteiger partial charge in [-0.15, -0.1) is 0 Å². The van der Waals surface area contributed by atoms with Gasteiger partial charge in [0.2, 0.25) is 0 Å². The smallest absolute Gasteiger partial charge is 0.160 e. The summed E-state index contributed by atoms with van der Waals surface area (Å²) in [4.78, 5) is 10.3. The fraction of sp³-hybridized carbons (Fsp3) is 0. The quantitative estimate of drug-likeness (QED) is 0.188. The molecular weight excluding hydrogens is 633 g/mol. The highest BCUT2D eigenvalue weighted by molar-refractivity contribution is 6.25. The van der Waals surface area contributed by atoms with Crippen LogP contribution in [-0.4, -0.2) is 19.1 Å². The summed E-state index contributed by atoms with van der Waals surface area (Å²) in [6.45, 7) is 0. The molecule has 52 heavy (non-hydrogen) atoms. The number of fused-ring (bicyclic) bond motifs is 9. The van der Waals surface area contributed by atoms with Crippen molar-refractivity contribution in [1.29, 1.82) is 0 Å². The Hall–Kier alpha value is -7.04. The van der Waals surface area contributed by atoms with E-state index in [9.17, 15) is 0 Å². The predicted molar refractivity (Wildman–Crippen MR) is 217 cm³/mol. The van der Waals surface area contributed by atoms with Crippen molar-refractivity contribution in [2.45, 2.75) is 0 Å². The molecule has 0 N–H and O–H groups in total. The van der Waals surface area contributed by atoms with Gasteiger partial charge in [0.15, 0.2) is 5.82 Å². The molecule has 0 radical (unpaired) electrons. The third-order valence-electron chi connectivity index (χ3n) is 10.5. The summed E-state index contributed by atoms with van der Waals surface area (Å²) in [6.07, 6.45) is 0. The summed E-state index contributed by atoms with van der Waals surface area (Å²) in [5.74, 6) is 0.707. The van der Waals surface area contributed by atoms with Gasteiger partial charge in [0.25, 0.3) is 0 Å². The van der Waals surface area contributed by atoms with Crippen LogP contribution in [0.5, 0.6) is 0 Å². The molecule has 11 rings (SSSR count). The number of hydrogen-bond donors (Lipinski definition) is 0. The van der Waals surface area contributed by atoms with E-state index in [1.54, 1.807) is 0 Å². The van der Waals surface area contributed by atoms with Crippen LogP contribution in [0, 0.1) is 0 Å². The Bertz CT molecular complexity index is 3170. The number of aromatic nitrogens is 4. The minimum Gasteiger partial charge on any atom is -0.309 e. The number of para-hydroxylation sites is 3. The van der Waals surface area contributed by atoms with E-state index >= 15 is 0 Å². The Labute approximate surface area is 299 Å². The summed E-state index contributed by atoms with van der Waals surface area (Å²) in [7, 11) is 0. The molecule has 11 aromatic rings. The molecular formula is C48H30N4. The molecule has 4 nitrogen and oxygen atoms in total. The van der Waals surface area contributed by atoms with Crippen LogP contribution in [0.1, 0.15) is 0 Å². The van der Waals surface area contributed by atoms with Crippen molar-refractivity contribution in [1.82, 2.24) is 19.1 Å². The van der Waals surface area contributed by atoms with Crippen LogP contribution >= 0.6 is 0 Å². The lowest BCUT2D eigenvalue weighted by Crippen LogP contribution is -1.98. The minimum atomic E-state index is 0.707. The lowest BCUT2D eigenvalue weighted by molar-refractivity contribution is 1.17. The van der Waals surface area contributed by atoms with E-state index in [0.29, 0.717) is 5.82 Å².